The fraction of sp³-hybridized carbons (Fsp3) is 0.778. The van der Waals surface area contributed by atoms with Gasteiger partial charge in [0.1, 0.15) is 0 Å². The summed E-state index contributed by atoms with van der Waals surface area (Å²) in [5.41, 5.74) is 0. The second-order valence-corrected chi connectivity index (χ2v) is 2.41. The van der Waals surface area contributed by atoms with E-state index in [4.69, 9.17) is 4.74 Å². The molecule has 10 heavy (non-hydrogen) atoms. The zero-order valence-corrected chi connectivity index (χ0v) is 7.10. The van der Waals surface area contributed by atoms with Crippen molar-refractivity contribution in [3.05, 3.63) is 12.2 Å². The monoisotopic (exact) mass is 142 g/mol. The molecule has 0 saturated carbocycles. The van der Waals surface area contributed by atoms with E-state index in [0.29, 0.717) is 0 Å². The Labute approximate surface area is 64.1 Å². The number of rotatable bonds is 6. The Morgan fingerprint density at radius 2 is 2.00 bits per heavy atom. The molecule has 0 bridgehead atoms. The van der Waals surface area contributed by atoms with Crippen molar-refractivity contribution in [1.82, 2.24) is 0 Å². The summed E-state index contributed by atoms with van der Waals surface area (Å²) in [7, 11) is 1.76. The molecule has 1 nitrogen and oxygen atoms in total. The quantitative estimate of drug-likeness (QED) is 0.409. The highest BCUT2D eigenvalue weighted by Crippen LogP contribution is 2.00. The Kier molecular flexibility index (Phi) is 8.44. The molecular formula is C9H18O. The van der Waals surface area contributed by atoms with Crippen molar-refractivity contribution in [2.24, 2.45) is 0 Å². The van der Waals surface area contributed by atoms with Crippen LogP contribution in [-0.4, -0.2) is 13.7 Å². The van der Waals surface area contributed by atoms with Crippen LogP contribution in [0.2, 0.25) is 0 Å². The molecule has 0 aromatic heterocycles. The van der Waals surface area contributed by atoms with Gasteiger partial charge in [-0.1, -0.05) is 18.6 Å². The summed E-state index contributed by atoms with van der Waals surface area (Å²) in [6.07, 6.45) is 9.34. The van der Waals surface area contributed by atoms with Gasteiger partial charge in [0.2, 0.25) is 0 Å². The molecule has 0 unspecified atom stereocenters. The minimum absolute atomic E-state index is 0.913. The molecule has 0 atom stereocenters. The van der Waals surface area contributed by atoms with Gasteiger partial charge in [0.05, 0.1) is 0 Å². The lowest BCUT2D eigenvalue weighted by Crippen LogP contribution is -1.87. The molecule has 0 aliphatic rings. The fourth-order valence-corrected chi connectivity index (χ4v) is 0.852. The van der Waals surface area contributed by atoms with Crippen LogP contribution < -0.4 is 0 Å². The highest BCUT2D eigenvalue weighted by atomic mass is 16.5. The normalized spacial score (nSPS) is 11.0. The molecule has 60 valence electrons. The minimum atomic E-state index is 0.913. The third-order valence-corrected chi connectivity index (χ3v) is 1.45. The summed E-state index contributed by atoms with van der Waals surface area (Å²) in [5.74, 6) is 0. The van der Waals surface area contributed by atoms with E-state index in [2.05, 4.69) is 19.1 Å². The van der Waals surface area contributed by atoms with Gasteiger partial charge < -0.3 is 4.74 Å². The van der Waals surface area contributed by atoms with Crippen LogP contribution in [0.15, 0.2) is 12.2 Å². The summed E-state index contributed by atoms with van der Waals surface area (Å²) < 4.78 is 4.93. The van der Waals surface area contributed by atoms with E-state index in [9.17, 15) is 0 Å². The van der Waals surface area contributed by atoms with E-state index in [1.165, 1.54) is 25.7 Å². The van der Waals surface area contributed by atoms with E-state index in [1.54, 1.807) is 7.11 Å². The van der Waals surface area contributed by atoms with Crippen molar-refractivity contribution in [1.29, 1.82) is 0 Å². The Hall–Kier alpha value is -0.300. The largest absolute Gasteiger partial charge is 0.385 e. The van der Waals surface area contributed by atoms with Gasteiger partial charge >= 0.3 is 0 Å². The lowest BCUT2D eigenvalue weighted by atomic mass is 10.2. The van der Waals surface area contributed by atoms with Gasteiger partial charge in [-0.05, 0) is 26.2 Å². The number of hydrogen-bond donors (Lipinski definition) is 0. The van der Waals surface area contributed by atoms with E-state index >= 15 is 0 Å². The molecule has 0 aliphatic carbocycles. The molecule has 0 aromatic carbocycles. The van der Waals surface area contributed by atoms with Crippen molar-refractivity contribution < 1.29 is 4.74 Å². The van der Waals surface area contributed by atoms with Gasteiger partial charge in [-0.25, -0.2) is 0 Å². The van der Waals surface area contributed by atoms with Crippen LogP contribution >= 0.6 is 0 Å². The number of methoxy groups -OCH3 is 1. The average molecular weight is 142 g/mol. The lowest BCUT2D eigenvalue weighted by Gasteiger charge is -1.96. The van der Waals surface area contributed by atoms with E-state index in [0.717, 1.165) is 6.61 Å². The molecule has 0 spiro atoms. The highest BCUT2D eigenvalue weighted by molar-refractivity contribution is 4.75. The summed E-state index contributed by atoms with van der Waals surface area (Å²) in [6.45, 7) is 2.98. The van der Waals surface area contributed by atoms with Gasteiger partial charge in [-0.2, -0.15) is 0 Å². The maximum absolute atomic E-state index is 4.93. The predicted molar refractivity (Wildman–Crippen MR) is 45.2 cm³/mol. The fourth-order valence-electron chi connectivity index (χ4n) is 0.852. The van der Waals surface area contributed by atoms with Crippen molar-refractivity contribution in [3.8, 4) is 0 Å². The van der Waals surface area contributed by atoms with Crippen LogP contribution in [0.5, 0.6) is 0 Å². The molecular weight excluding hydrogens is 124 g/mol. The Bertz CT molecular complexity index is 76.8. The van der Waals surface area contributed by atoms with Crippen LogP contribution in [0.3, 0.4) is 0 Å². The third-order valence-electron chi connectivity index (χ3n) is 1.45. The van der Waals surface area contributed by atoms with Crippen molar-refractivity contribution >= 4 is 0 Å². The second-order valence-electron chi connectivity index (χ2n) is 2.41. The number of unbranched alkanes of at least 4 members (excludes halogenated alkanes) is 3. The van der Waals surface area contributed by atoms with Crippen molar-refractivity contribution in [3.63, 3.8) is 0 Å². The van der Waals surface area contributed by atoms with Crippen molar-refractivity contribution in [2.75, 3.05) is 13.7 Å². The molecule has 0 heterocycles. The second kappa shape index (κ2) is 8.70. The van der Waals surface area contributed by atoms with Crippen LogP contribution in [0, 0.1) is 0 Å². The third kappa shape index (κ3) is 7.70. The first kappa shape index (κ1) is 9.70. The van der Waals surface area contributed by atoms with Crippen LogP contribution in [-0.2, 0) is 4.74 Å². The minimum Gasteiger partial charge on any atom is -0.385 e. The van der Waals surface area contributed by atoms with E-state index in [-0.39, 0.29) is 0 Å². The van der Waals surface area contributed by atoms with Crippen LogP contribution in [0.25, 0.3) is 0 Å². The molecule has 0 amide bonds. The lowest BCUT2D eigenvalue weighted by molar-refractivity contribution is 0.192. The van der Waals surface area contributed by atoms with E-state index in [1.807, 2.05) is 0 Å². The smallest absolute Gasteiger partial charge is 0.0462 e. The number of allylic oxidation sites excluding steroid dienone is 2. The van der Waals surface area contributed by atoms with Gasteiger partial charge in [-0.15, -0.1) is 0 Å². The standard InChI is InChI=1S/C9H18O/c1-3-4-5-6-7-8-9-10-2/h3-4H,5-9H2,1-2H3/b4-3+. The zero-order chi connectivity index (χ0) is 7.66. The maximum Gasteiger partial charge on any atom is 0.0462 e. The van der Waals surface area contributed by atoms with Gasteiger partial charge in [0.15, 0.2) is 0 Å². The Morgan fingerprint density at radius 1 is 1.20 bits per heavy atom. The Morgan fingerprint density at radius 3 is 2.60 bits per heavy atom. The van der Waals surface area contributed by atoms with Gasteiger partial charge in [-0.3, -0.25) is 0 Å². The topological polar surface area (TPSA) is 9.23 Å². The number of hydrogen-bond acceptors (Lipinski definition) is 1. The number of ether oxygens (including phenoxy) is 1. The highest BCUT2D eigenvalue weighted by Gasteiger charge is 1.85. The van der Waals surface area contributed by atoms with Gasteiger partial charge in [0.25, 0.3) is 0 Å². The molecule has 0 aliphatic heterocycles. The summed E-state index contributed by atoms with van der Waals surface area (Å²) >= 11 is 0. The average Bonchev–Trinajstić information content (AvgIpc) is 1.97. The zero-order valence-electron chi connectivity index (χ0n) is 7.10. The van der Waals surface area contributed by atoms with Crippen LogP contribution in [0.4, 0.5) is 0 Å². The first-order valence-electron chi connectivity index (χ1n) is 4.02. The molecule has 0 fully saturated rings. The maximum atomic E-state index is 4.93. The summed E-state index contributed by atoms with van der Waals surface area (Å²) in [4.78, 5) is 0. The first-order chi connectivity index (χ1) is 4.91. The SMILES string of the molecule is C/C=C/CCCCCOC. The first-order valence-corrected chi connectivity index (χ1v) is 4.02. The molecule has 0 saturated heterocycles. The van der Waals surface area contributed by atoms with Crippen LogP contribution in [0.1, 0.15) is 32.6 Å². The molecule has 0 radical (unpaired) electrons. The van der Waals surface area contributed by atoms with E-state index < -0.39 is 0 Å². The molecule has 1 heteroatoms. The summed E-state index contributed by atoms with van der Waals surface area (Å²) in [5, 5.41) is 0. The summed E-state index contributed by atoms with van der Waals surface area (Å²) in [6, 6.07) is 0. The predicted octanol–water partition coefficient (Wildman–Crippen LogP) is 2.77. The molecule has 0 N–H and O–H groups in total. The molecule has 0 rings (SSSR count). The molecule has 0 aromatic rings. The van der Waals surface area contributed by atoms with Crippen molar-refractivity contribution in [2.45, 2.75) is 32.6 Å². The van der Waals surface area contributed by atoms with Gasteiger partial charge in [0, 0.05) is 13.7 Å². The Balaban J connectivity index is 2.77.